The lowest BCUT2D eigenvalue weighted by atomic mass is 9.99. The Morgan fingerprint density at radius 2 is 0.467 bits per heavy atom. The molecule has 0 bridgehead atoms. The average molecular weight is 1150 g/mol. The maximum atomic E-state index is 7.38. The highest BCUT2D eigenvalue weighted by Crippen LogP contribution is 2.50. The van der Waals surface area contributed by atoms with Gasteiger partial charge in [0, 0.05) is 70.2 Å². The van der Waals surface area contributed by atoms with Crippen molar-refractivity contribution in [2.45, 2.75) is 0 Å². The molecule has 7 heterocycles. The lowest BCUT2D eigenvalue weighted by Gasteiger charge is -2.20. The van der Waals surface area contributed by atoms with Crippen molar-refractivity contribution >= 4 is 131 Å². The van der Waals surface area contributed by atoms with Gasteiger partial charge in [-0.3, -0.25) is 0 Å². The van der Waals surface area contributed by atoms with Crippen LogP contribution in [0, 0.1) is 0 Å². The van der Waals surface area contributed by atoms with Crippen molar-refractivity contribution in [1.82, 2.24) is 33.2 Å². The summed E-state index contributed by atoms with van der Waals surface area (Å²) in [5.41, 5.74) is 17.3. The van der Waals surface area contributed by atoms with E-state index in [-0.39, 0.29) is 0 Å². The van der Waals surface area contributed by atoms with Crippen LogP contribution in [0.3, 0.4) is 0 Å². The van der Waals surface area contributed by atoms with Crippen LogP contribution in [0.5, 0.6) is 0 Å². The molecule has 0 unspecified atom stereocenters. The zero-order valence-electron chi connectivity index (χ0n) is 48.1. The number of furan rings is 2. The van der Waals surface area contributed by atoms with Crippen molar-refractivity contribution in [1.29, 1.82) is 0 Å². The summed E-state index contributed by atoms with van der Waals surface area (Å²) in [4.78, 5) is 17.7. The standard InChI is InChI=1S/C81H47N7O2/c1-2-24-48(25-3-1)79-82-80(75-67(85-59-36-14-4-26-49(59)50-27-5-15-37-60(50)85)46-69(77-73(75)57-34-12-22-44-71(57)89-77)87-63-40-18-8-30-53(63)54-31-9-19-41-64(54)87)84-81(83-79)76-68(86-61-38-16-6-28-51(61)52-29-7-17-39-62(52)86)47-70(78-74(76)58-35-13-23-45-72(58)90-78)88-65-42-20-10-32-55(65)56-33-11-21-43-66(56)88/h1-47H. The van der Waals surface area contributed by atoms with Gasteiger partial charge < -0.3 is 27.1 Å². The number of rotatable bonds is 7. The average Bonchev–Trinajstić information content (AvgIpc) is 1.52. The predicted molar refractivity (Wildman–Crippen MR) is 368 cm³/mol. The Bertz CT molecular complexity index is 5850. The first-order valence-corrected chi connectivity index (χ1v) is 30.4. The summed E-state index contributed by atoms with van der Waals surface area (Å²) in [6.45, 7) is 0. The summed E-state index contributed by atoms with van der Waals surface area (Å²) >= 11 is 0. The second-order valence-electron chi connectivity index (χ2n) is 23.3. The van der Waals surface area contributed by atoms with Crippen molar-refractivity contribution in [2.75, 3.05) is 0 Å². The molecule has 13 aromatic carbocycles. The van der Waals surface area contributed by atoms with Gasteiger partial charge in [-0.25, -0.2) is 15.0 Å². The molecule has 0 saturated carbocycles. The van der Waals surface area contributed by atoms with E-state index >= 15 is 0 Å². The number of fused-ring (bicyclic) bond motifs is 18. The van der Waals surface area contributed by atoms with Crippen LogP contribution >= 0.6 is 0 Å². The fourth-order valence-electron chi connectivity index (χ4n) is 14.9. The lowest BCUT2D eigenvalue weighted by molar-refractivity contribution is 0.666. The Morgan fingerprint density at radius 1 is 0.222 bits per heavy atom. The molecule has 0 aliphatic heterocycles. The molecule has 0 spiro atoms. The van der Waals surface area contributed by atoms with Crippen molar-refractivity contribution < 1.29 is 8.83 Å². The molecule has 0 fully saturated rings. The number of hydrogen-bond donors (Lipinski definition) is 0. The SMILES string of the molecule is c1ccc(-c2nc(-c3c(-n4c5ccccc5c5ccccc54)cc(-n4c5ccccc5c5ccccc54)c4oc5ccccc5c34)nc(-c3c(-n4c5ccccc5c5ccccc54)cc(-n4c5ccccc5c5ccccc54)c4oc5ccccc5c34)n2)cc1. The van der Waals surface area contributed by atoms with Crippen molar-refractivity contribution in [3.05, 3.63) is 285 Å². The Hall–Kier alpha value is -12.3. The Morgan fingerprint density at radius 3 is 0.778 bits per heavy atom. The monoisotopic (exact) mass is 1150 g/mol. The number of nitrogens with zero attached hydrogens (tertiary/aromatic N) is 7. The van der Waals surface area contributed by atoms with Crippen LogP contribution in [0.1, 0.15) is 0 Å². The Balaban J connectivity index is 0.999. The minimum atomic E-state index is 0.474. The van der Waals surface area contributed by atoms with Gasteiger partial charge in [-0.15, -0.1) is 0 Å². The smallest absolute Gasteiger partial charge is 0.166 e. The third kappa shape index (κ3) is 6.77. The van der Waals surface area contributed by atoms with E-state index in [1.807, 2.05) is 18.2 Å². The fraction of sp³-hybridized carbons (Fsp3) is 0. The number of benzene rings is 13. The van der Waals surface area contributed by atoms with E-state index in [1.165, 1.54) is 0 Å². The molecule has 418 valence electrons. The number of hydrogen-bond acceptors (Lipinski definition) is 5. The minimum Gasteiger partial charge on any atom is -0.454 e. The lowest BCUT2D eigenvalue weighted by Crippen LogP contribution is -2.08. The molecule has 9 heteroatoms. The van der Waals surface area contributed by atoms with E-state index in [9.17, 15) is 0 Å². The zero-order valence-corrected chi connectivity index (χ0v) is 48.1. The van der Waals surface area contributed by atoms with Gasteiger partial charge in [0.1, 0.15) is 11.2 Å². The normalized spacial score (nSPS) is 12.2. The van der Waals surface area contributed by atoms with Crippen molar-refractivity contribution in [3.8, 4) is 56.9 Å². The molecule has 7 aromatic heterocycles. The third-order valence-corrected chi connectivity index (χ3v) is 18.6. The van der Waals surface area contributed by atoms with Crippen LogP contribution in [0.2, 0.25) is 0 Å². The van der Waals surface area contributed by atoms with Gasteiger partial charge in [-0.2, -0.15) is 0 Å². The summed E-state index contributed by atoms with van der Waals surface area (Å²) in [6, 6.07) is 101. The number of aromatic nitrogens is 7. The molecule has 0 radical (unpaired) electrons. The van der Waals surface area contributed by atoms with Crippen LogP contribution in [-0.2, 0) is 0 Å². The highest BCUT2D eigenvalue weighted by molar-refractivity contribution is 6.22. The van der Waals surface area contributed by atoms with Crippen LogP contribution in [0.4, 0.5) is 0 Å². The highest BCUT2D eigenvalue weighted by atomic mass is 16.3. The summed E-state index contributed by atoms with van der Waals surface area (Å²) in [7, 11) is 0. The quantitative estimate of drug-likeness (QED) is 0.159. The molecule has 0 aliphatic rings. The molecule has 0 atom stereocenters. The maximum Gasteiger partial charge on any atom is 0.166 e. The highest BCUT2D eigenvalue weighted by Gasteiger charge is 2.32. The third-order valence-electron chi connectivity index (χ3n) is 18.6. The van der Waals surface area contributed by atoms with E-state index < -0.39 is 0 Å². The molecule has 0 saturated heterocycles. The van der Waals surface area contributed by atoms with E-state index in [4.69, 9.17) is 23.8 Å². The van der Waals surface area contributed by atoms with Gasteiger partial charge in [0.2, 0.25) is 0 Å². The molecule has 20 rings (SSSR count). The second-order valence-corrected chi connectivity index (χ2v) is 23.3. The Labute approximate surface area is 512 Å². The first-order chi connectivity index (χ1) is 44.7. The molecule has 20 aromatic rings. The minimum absolute atomic E-state index is 0.474. The van der Waals surface area contributed by atoms with E-state index in [1.54, 1.807) is 0 Å². The van der Waals surface area contributed by atoms with Crippen LogP contribution < -0.4 is 0 Å². The number of para-hydroxylation sites is 10. The van der Waals surface area contributed by atoms with E-state index in [0.717, 1.165) is 159 Å². The largest absolute Gasteiger partial charge is 0.454 e. The van der Waals surface area contributed by atoms with Gasteiger partial charge in [-0.1, -0.05) is 212 Å². The van der Waals surface area contributed by atoms with Crippen LogP contribution in [0.25, 0.3) is 188 Å². The first-order valence-electron chi connectivity index (χ1n) is 30.4. The maximum absolute atomic E-state index is 7.38. The summed E-state index contributed by atoms with van der Waals surface area (Å²) in [5, 5.41) is 12.7. The van der Waals surface area contributed by atoms with Gasteiger partial charge in [0.05, 0.1) is 78.0 Å². The molecule has 0 amide bonds. The summed E-state index contributed by atoms with van der Waals surface area (Å²) < 4.78 is 24.3. The molecular formula is C81H47N7O2. The van der Waals surface area contributed by atoms with Gasteiger partial charge in [0.25, 0.3) is 0 Å². The van der Waals surface area contributed by atoms with Gasteiger partial charge in [-0.05, 0) is 72.8 Å². The van der Waals surface area contributed by atoms with E-state index in [0.29, 0.717) is 28.6 Å². The molecule has 0 aliphatic carbocycles. The zero-order chi connectivity index (χ0) is 58.7. The predicted octanol–water partition coefficient (Wildman–Crippen LogP) is 21.1. The summed E-state index contributed by atoms with van der Waals surface area (Å²) in [6.07, 6.45) is 0. The molecule has 0 N–H and O–H groups in total. The Kier molecular flexibility index (Phi) is 10.1. The summed E-state index contributed by atoms with van der Waals surface area (Å²) in [5.74, 6) is 1.46. The van der Waals surface area contributed by atoms with Gasteiger partial charge >= 0.3 is 0 Å². The molecule has 90 heavy (non-hydrogen) atoms. The first kappa shape index (κ1) is 48.9. The van der Waals surface area contributed by atoms with Crippen molar-refractivity contribution in [3.63, 3.8) is 0 Å². The molecular weight excluding hydrogens is 1100 g/mol. The fourth-order valence-corrected chi connectivity index (χ4v) is 14.9. The topological polar surface area (TPSA) is 84.7 Å². The van der Waals surface area contributed by atoms with Crippen LogP contribution in [-0.4, -0.2) is 33.2 Å². The van der Waals surface area contributed by atoms with Crippen molar-refractivity contribution in [2.24, 2.45) is 0 Å². The van der Waals surface area contributed by atoms with E-state index in [2.05, 4.69) is 285 Å². The van der Waals surface area contributed by atoms with Gasteiger partial charge in [0.15, 0.2) is 28.6 Å². The second kappa shape index (κ2) is 18.6. The van der Waals surface area contributed by atoms with Crippen LogP contribution in [0.15, 0.2) is 294 Å². The molecule has 9 nitrogen and oxygen atoms in total.